The summed E-state index contributed by atoms with van der Waals surface area (Å²) in [5.41, 5.74) is 1.91. The minimum Gasteiger partial charge on any atom is -0.357 e. The molecule has 1 amide bonds. The number of amides is 1. The molecule has 1 unspecified atom stereocenters. The largest absolute Gasteiger partial charge is 0.357 e. The average Bonchev–Trinajstić information content (AvgIpc) is 2.65. The molecule has 0 saturated carbocycles. The van der Waals surface area contributed by atoms with E-state index < -0.39 is 0 Å². The van der Waals surface area contributed by atoms with Crippen LogP contribution in [0.4, 0.5) is 5.69 Å². The first-order valence-corrected chi connectivity index (χ1v) is 10.9. The molecule has 1 aromatic carbocycles. The summed E-state index contributed by atoms with van der Waals surface area (Å²) in [7, 11) is 0. The van der Waals surface area contributed by atoms with Crippen LogP contribution in [0.25, 0.3) is 0 Å². The van der Waals surface area contributed by atoms with Gasteiger partial charge in [-0.3, -0.25) is 4.79 Å². The summed E-state index contributed by atoms with van der Waals surface area (Å²) >= 11 is 1.88. The first kappa shape index (κ1) is 22.4. The average molecular weight is 379 g/mol. The summed E-state index contributed by atoms with van der Waals surface area (Å²) in [5, 5.41) is 9.64. The van der Waals surface area contributed by atoms with Crippen molar-refractivity contribution >= 4 is 29.3 Å². The summed E-state index contributed by atoms with van der Waals surface area (Å²) in [6.07, 6.45) is 5.33. The third-order valence-corrected chi connectivity index (χ3v) is 4.78. The standard InChI is InChI=1S/C20H34N4OS/c1-5-16(3)19(25)24-18-11-9-10-17(14-18)15-23-20(21-6-2)22-12-7-8-13-26-4/h9-11,14,16H,5-8,12-13,15H2,1-4H3,(H,24,25)(H2,21,22,23). The topological polar surface area (TPSA) is 65.5 Å². The maximum absolute atomic E-state index is 12.0. The summed E-state index contributed by atoms with van der Waals surface area (Å²) in [6.45, 7) is 8.37. The van der Waals surface area contributed by atoms with E-state index in [-0.39, 0.29) is 11.8 Å². The smallest absolute Gasteiger partial charge is 0.227 e. The van der Waals surface area contributed by atoms with E-state index in [2.05, 4.69) is 34.1 Å². The van der Waals surface area contributed by atoms with Crippen molar-refractivity contribution in [1.82, 2.24) is 10.6 Å². The number of carbonyl (C=O) groups excluding carboxylic acids is 1. The van der Waals surface area contributed by atoms with E-state index >= 15 is 0 Å². The van der Waals surface area contributed by atoms with Crippen LogP contribution >= 0.6 is 11.8 Å². The maximum atomic E-state index is 12.0. The summed E-state index contributed by atoms with van der Waals surface area (Å²) in [5.74, 6) is 2.12. The number of aliphatic imine (C=N–C) groups is 1. The lowest BCUT2D eigenvalue weighted by Gasteiger charge is -2.12. The number of anilines is 1. The monoisotopic (exact) mass is 378 g/mol. The van der Waals surface area contributed by atoms with E-state index in [1.54, 1.807) is 0 Å². The molecule has 0 saturated heterocycles. The van der Waals surface area contributed by atoms with Crippen LogP contribution < -0.4 is 16.0 Å². The quantitative estimate of drug-likeness (QED) is 0.311. The van der Waals surface area contributed by atoms with Crippen LogP contribution in [-0.2, 0) is 11.3 Å². The third kappa shape index (κ3) is 9.13. The van der Waals surface area contributed by atoms with Crippen LogP contribution in [0.3, 0.4) is 0 Å². The Morgan fingerprint density at radius 3 is 2.73 bits per heavy atom. The van der Waals surface area contributed by atoms with Crippen molar-refractivity contribution in [3.8, 4) is 0 Å². The van der Waals surface area contributed by atoms with Crippen molar-refractivity contribution in [1.29, 1.82) is 0 Å². The van der Waals surface area contributed by atoms with Crippen LogP contribution in [0.15, 0.2) is 29.3 Å². The first-order chi connectivity index (χ1) is 12.6. The minimum atomic E-state index is 0.0207. The van der Waals surface area contributed by atoms with Gasteiger partial charge < -0.3 is 16.0 Å². The predicted octanol–water partition coefficient (Wildman–Crippen LogP) is 3.87. The normalized spacial score (nSPS) is 12.5. The maximum Gasteiger partial charge on any atom is 0.227 e. The van der Waals surface area contributed by atoms with E-state index in [0.29, 0.717) is 6.54 Å². The molecule has 0 radical (unpaired) electrons. The number of benzene rings is 1. The first-order valence-electron chi connectivity index (χ1n) is 9.51. The van der Waals surface area contributed by atoms with Crippen molar-refractivity contribution in [2.24, 2.45) is 10.9 Å². The Bertz CT molecular complexity index is 562. The second-order valence-corrected chi connectivity index (χ2v) is 7.31. The Morgan fingerprint density at radius 1 is 1.23 bits per heavy atom. The lowest BCUT2D eigenvalue weighted by Crippen LogP contribution is -2.37. The highest BCUT2D eigenvalue weighted by molar-refractivity contribution is 7.98. The number of hydrogen-bond acceptors (Lipinski definition) is 3. The Hall–Kier alpha value is -1.69. The molecule has 0 aliphatic carbocycles. The molecule has 0 aliphatic rings. The third-order valence-electron chi connectivity index (χ3n) is 4.09. The molecular weight excluding hydrogens is 344 g/mol. The molecule has 5 nitrogen and oxygen atoms in total. The van der Waals surface area contributed by atoms with Gasteiger partial charge in [0.25, 0.3) is 0 Å². The van der Waals surface area contributed by atoms with Crippen molar-refractivity contribution in [2.75, 3.05) is 30.4 Å². The highest BCUT2D eigenvalue weighted by atomic mass is 32.2. The molecule has 1 rings (SSSR count). The van der Waals surface area contributed by atoms with Crippen LogP contribution in [0.2, 0.25) is 0 Å². The number of hydrogen-bond donors (Lipinski definition) is 3. The van der Waals surface area contributed by atoms with Gasteiger partial charge in [-0.15, -0.1) is 0 Å². The number of thioether (sulfide) groups is 1. The van der Waals surface area contributed by atoms with Gasteiger partial charge >= 0.3 is 0 Å². The number of unbranched alkanes of at least 4 members (excludes halogenated alkanes) is 1. The zero-order chi connectivity index (χ0) is 19.2. The van der Waals surface area contributed by atoms with Gasteiger partial charge in [0.2, 0.25) is 5.91 Å². The van der Waals surface area contributed by atoms with Crippen molar-refractivity contribution < 1.29 is 4.79 Å². The summed E-state index contributed by atoms with van der Waals surface area (Å²) in [6, 6.07) is 7.90. The van der Waals surface area contributed by atoms with Gasteiger partial charge in [-0.2, -0.15) is 11.8 Å². The zero-order valence-corrected chi connectivity index (χ0v) is 17.4. The molecule has 0 heterocycles. The second kappa shape index (κ2) is 13.5. The van der Waals surface area contributed by atoms with Gasteiger partial charge in [0, 0.05) is 24.7 Å². The molecule has 26 heavy (non-hydrogen) atoms. The van der Waals surface area contributed by atoms with Gasteiger partial charge in [-0.05, 0) is 55.9 Å². The van der Waals surface area contributed by atoms with Crippen molar-refractivity contribution in [3.63, 3.8) is 0 Å². The van der Waals surface area contributed by atoms with Crippen LogP contribution in [0, 0.1) is 5.92 Å². The fourth-order valence-corrected chi connectivity index (χ4v) is 2.78. The lowest BCUT2D eigenvalue weighted by atomic mass is 10.1. The van der Waals surface area contributed by atoms with Gasteiger partial charge in [0.1, 0.15) is 0 Å². The molecule has 146 valence electrons. The van der Waals surface area contributed by atoms with Crippen LogP contribution in [0.1, 0.15) is 45.6 Å². The Morgan fingerprint density at radius 2 is 2.04 bits per heavy atom. The Labute approximate surface area is 162 Å². The van der Waals surface area contributed by atoms with Crippen molar-refractivity contribution in [2.45, 2.75) is 46.6 Å². The second-order valence-electron chi connectivity index (χ2n) is 6.32. The zero-order valence-electron chi connectivity index (χ0n) is 16.6. The molecule has 0 aromatic heterocycles. The van der Waals surface area contributed by atoms with E-state index in [4.69, 9.17) is 0 Å². The molecule has 6 heteroatoms. The van der Waals surface area contributed by atoms with E-state index in [1.165, 1.54) is 12.2 Å². The fraction of sp³-hybridized carbons (Fsp3) is 0.600. The van der Waals surface area contributed by atoms with Crippen LogP contribution in [-0.4, -0.2) is 37.0 Å². The number of guanidine groups is 1. The highest BCUT2D eigenvalue weighted by Crippen LogP contribution is 2.13. The molecule has 0 spiro atoms. The van der Waals surface area contributed by atoms with Gasteiger partial charge in [0.15, 0.2) is 5.96 Å². The van der Waals surface area contributed by atoms with Crippen LogP contribution in [0.5, 0.6) is 0 Å². The predicted molar refractivity (Wildman–Crippen MR) is 115 cm³/mol. The number of rotatable bonds is 11. The van der Waals surface area contributed by atoms with E-state index in [9.17, 15) is 4.79 Å². The molecule has 0 bridgehead atoms. The van der Waals surface area contributed by atoms with Crippen molar-refractivity contribution in [3.05, 3.63) is 29.8 Å². The number of nitrogens with zero attached hydrogens (tertiary/aromatic N) is 1. The highest BCUT2D eigenvalue weighted by Gasteiger charge is 2.10. The van der Waals surface area contributed by atoms with E-state index in [1.807, 2.05) is 49.9 Å². The molecule has 0 aliphatic heterocycles. The van der Waals surface area contributed by atoms with Gasteiger partial charge in [-0.1, -0.05) is 26.0 Å². The fourth-order valence-electron chi connectivity index (χ4n) is 2.29. The lowest BCUT2D eigenvalue weighted by molar-refractivity contribution is -0.119. The Kier molecular flexibility index (Phi) is 11.6. The minimum absolute atomic E-state index is 0.0207. The van der Waals surface area contributed by atoms with Gasteiger partial charge in [-0.25, -0.2) is 4.99 Å². The molecular formula is C20H34N4OS. The Balaban J connectivity index is 2.59. The summed E-state index contributed by atoms with van der Waals surface area (Å²) in [4.78, 5) is 16.7. The molecule has 0 fully saturated rings. The van der Waals surface area contributed by atoms with Gasteiger partial charge in [0.05, 0.1) is 6.54 Å². The molecule has 1 atom stereocenters. The summed E-state index contributed by atoms with van der Waals surface area (Å²) < 4.78 is 0. The van der Waals surface area contributed by atoms with E-state index in [0.717, 1.165) is 43.1 Å². The molecule has 3 N–H and O–H groups in total. The number of nitrogens with one attached hydrogen (secondary N) is 3. The number of carbonyl (C=O) groups is 1. The molecule has 1 aromatic rings. The SMILES string of the molecule is CCNC(=NCc1cccc(NC(=O)C(C)CC)c1)NCCCCSC.